The van der Waals surface area contributed by atoms with Crippen LogP contribution in [0.15, 0.2) is 54.6 Å². The fraction of sp³-hybridized carbons (Fsp3) is 0.188. The number of nitrogens with two attached hydrogens (primary N) is 1. The smallest absolute Gasteiger partial charge is 0.204 e. The molecular formula is C16H17N5. The van der Waals surface area contributed by atoms with Gasteiger partial charge in [0, 0.05) is 5.56 Å². The Morgan fingerprint density at radius 2 is 1.62 bits per heavy atom. The van der Waals surface area contributed by atoms with Gasteiger partial charge in [0.15, 0.2) is 0 Å². The summed E-state index contributed by atoms with van der Waals surface area (Å²) in [6.07, 6.45) is 0.903. The first-order valence-corrected chi connectivity index (χ1v) is 6.96. The summed E-state index contributed by atoms with van der Waals surface area (Å²) in [7, 11) is 0. The number of hydrogen-bond acceptors (Lipinski definition) is 4. The van der Waals surface area contributed by atoms with E-state index < -0.39 is 0 Å². The van der Waals surface area contributed by atoms with Gasteiger partial charge in [0.05, 0.1) is 6.54 Å². The Labute approximate surface area is 123 Å². The van der Waals surface area contributed by atoms with E-state index in [2.05, 4.69) is 39.7 Å². The molecule has 0 saturated heterocycles. The summed E-state index contributed by atoms with van der Waals surface area (Å²) in [5.41, 5.74) is 8.92. The Morgan fingerprint density at radius 3 is 2.33 bits per heavy atom. The van der Waals surface area contributed by atoms with Crippen molar-refractivity contribution < 1.29 is 0 Å². The maximum atomic E-state index is 5.55. The second-order valence-corrected chi connectivity index (χ2v) is 4.86. The van der Waals surface area contributed by atoms with E-state index in [0.717, 1.165) is 17.5 Å². The third kappa shape index (κ3) is 3.32. The molecule has 1 aromatic heterocycles. The highest BCUT2D eigenvalue weighted by Crippen LogP contribution is 2.12. The monoisotopic (exact) mass is 279 g/mol. The van der Waals surface area contributed by atoms with Crippen molar-refractivity contribution in [1.82, 2.24) is 20.2 Å². The van der Waals surface area contributed by atoms with Crippen LogP contribution < -0.4 is 5.73 Å². The number of rotatable bonds is 5. The average Bonchev–Trinajstić information content (AvgIpc) is 2.99. The summed E-state index contributed by atoms with van der Waals surface area (Å²) < 4.78 is 0. The van der Waals surface area contributed by atoms with Gasteiger partial charge in [0.1, 0.15) is 0 Å². The zero-order valence-electron chi connectivity index (χ0n) is 11.7. The van der Waals surface area contributed by atoms with Crippen LogP contribution in [0.1, 0.15) is 11.1 Å². The first-order chi connectivity index (χ1) is 10.3. The first-order valence-electron chi connectivity index (χ1n) is 6.96. The summed E-state index contributed by atoms with van der Waals surface area (Å²) in [4.78, 5) is 1.61. The molecule has 0 amide bonds. The number of nitrogens with zero attached hydrogens (tertiary/aromatic N) is 4. The van der Waals surface area contributed by atoms with Crippen LogP contribution >= 0.6 is 0 Å². The van der Waals surface area contributed by atoms with Gasteiger partial charge in [-0.3, -0.25) is 0 Å². The Morgan fingerprint density at radius 1 is 0.905 bits per heavy atom. The Bertz CT molecular complexity index is 688. The third-order valence-corrected chi connectivity index (χ3v) is 3.26. The largest absolute Gasteiger partial charge is 0.330 e. The van der Waals surface area contributed by atoms with Crippen LogP contribution in [0, 0.1) is 0 Å². The minimum atomic E-state index is 0.614. The normalized spacial score (nSPS) is 10.7. The number of aromatic nitrogens is 4. The van der Waals surface area contributed by atoms with Crippen molar-refractivity contribution in [3.63, 3.8) is 0 Å². The third-order valence-electron chi connectivity index (χ3n) is 3.26. The fourth-order valence-electron chi connectivity index (χ4n) is 2.15. The SMILES string of the molecule is NCCc1ccc(Cn2nnc(-c3ccccc3)n2)cc1. The average molecular weight is 279 g/mol. The van der Waals surface area contributed by atoms with Crippen molar-refractivity contribution in [3.05, 3.63) is 65.7 Å². The van der Waals surface area contributed by atoms with Gasteiger partial charge in [0.25, 0.3) is 0 Å². The van der Waals surface area contributed by atoms with Crippen molar-refractivity contribution in [3.8, 4) is 11.4 Å². The standard InChI is InChI=1S/C16H17N5/c17-11-10-13-6-8-14(9-7-13)12-21-19-16(18-20-21)15-4-2-1-3-5-15/h1-9H,10-12,17H2. The van der Waals surface area contributed by atoms with Crippen LogP contribution in [0.2, 0.25) is 0 Å². The minimum absolute atomic E-state index is 0.614. The summed E-state index contributed by atoms with van der Waals surface area (Å²) in [6, 6.07) is 18.2. The molecule has 2 aromatic carbocycles. The molecule has 0 aliphatic rings. The summed E-state index contributed by atoms with van der Waals surface area (Å²) in [5.74, 6) is 0.648. The lowest BCUT2D eigenvalue weighted by atomic mass is 10.1. The van der Waals surface area contributed by atoms with E-state index >= 15 is 0 Å². The highest BCUT2D eigenvalue weighted by molar-refractivity contribution is 5.52. The van der Waals surface area contributed by atoms with Crippen molar-refractivity contribution >= 4 is 0 Å². The molecule has 0 saturated carbocycles. The van der Waals surface area contributed by atoms with E-state index in [4.69, 9.17) is 5.73 Å². The van der Waals surface area contributed by atoms with Gasteiger partial charge >= 0.3 is 0 Å². The summed E-state index contributed by atoms with van der Waals surface area (Å²) >= 11 is 0. The van der Waals surface area contributed by atoms with Gasteiger partial charge in [0.2, 0.25) is 5.82 Å². The number of hydrogen-bond donors (Lipinski definition) is 1. The molecule has 5 heteroatoms. The van der Waals surface area contributed by atoms with Gasteiger partial charge < -0.3 is 5.73 Å². The van der Waals surface area contributed by atoms with Crippen LogP contribution in [0.3, 0.4) is 0 Å². The maximum absolute atomic E-state index is 5.55. The Hall–Kier alpha value is -2.53. The molecule has 21 heavy (non-hydrogen) atoms. The van der Waals surface area contributed by atoms with E-state index in [0.29, 0.717) is 18.9 Å². The molecule has 0 atom stereocenters. The molecule has 0 aliphatic heterocycles. The molecule has 3 rings (SSSR count). The lowest BCUT2D eigenvalue weighted by Crippen LogP contribution is -2.05. The van der Waals surface area contributed by atoms with Crippen molar-refractivity contribution in [2.45, 2.75) is 13.0 Å². The summed E-state index contributed by atoms with van der Waals surface area (Å²) in [6.45, 7) is 1.28. The molecule has 0 unspecified atom stereocenters. The Balaban J connectivity index is 1.72. The fourth-order valence-corrected chi connectivity index (χ4v) is 2.15. The molecule has 0 aliphatic carbocycles. The molecule has 0 radical (unpaired) electrons. The molecule has 3 aromatic rings. The van der Waals surface area contributed by atoms with Crippen LogP contribution in [-0.4, -0.2) is 26.8 Å². The van der Waals surface area contributed by atoms with Gasteiger partial charge in [-0.2, -0.15) is 4.80 Å². The molecule has 5 nitrogen and oxygen atoms in total. The zero-order chi connectivity index (χ0) is 14.5. The number of benzene rings is 2. The highest BCUT2D eigenvalue weighted by atomic mass is 15.6. The predicted molar refractivity (Wildman–Crippen MR) is 81.6 cm³/mol. The van der Waals surface area contributed by atoms with E-state index in [1.165, 1.54) is 5.56 Å². The molecular weight excluding hydrogens is 262 g/mol. The summed E-state index contributed by atoms with van der Waals surface area (Å²) in [5, 5.41) is 12.6. The van der Waals surface area contributed by atoms with Crippen molar-refractivity contribution in [1.29, 1.82) is 0 Å². The molecule has 0 bridgehead atoms. The van der Waals surface area contributed by atoms with E-state index in [1.54, 1.807) is 4.80 Å². The molecule has 2 N–H and O–H groups in total. The lowest BCUT2D eigenvalue weighted by molar-refractivity contribution is 0.572. The Kier molecular flexibility index (Phi) is 4.02. The van der Waals surface area contributed by atoms with E-state index in [1.807, 2.05) is 30.3 Å². The van der Waals surface area contributed by atoms with Gasteiger partial charge in [-0.25, -0.2) is 0 Å². The predicted octanol–water partition coefficient (Wildman–Crippen LogP) is 1.89. The van der Waals surface area contributed by atoms with Crippen LogP contribution in [0.5, 0.6) is 0 Å². The zero-order valence-corrected chi connectivity index (χ0v) is 11.7. The van der Waals surface area contributed by atoms with Crippen LogP contribution in [0.25, 0.3) is 11.4 Å². The molecule has 1 heterocycles. The maximum Gasteiger partial charge on any atom is 0.204 e. The van der Waals surface area contributed by atoms with Crippen molar-refractivity contribution in [2.75, 3.05) is 6.54 Å². The van der Waals surface area contributed by atoms with E-state index in [-0.39, 0.29) is 0 Å². The topological polar surface area (TPSA) is 69.6 Å². The van der Waals surface area contributed by atoms with Gasteiger partial charge in [-0.1, -0.05) is 54.6 Å². The molecule has 0 fully saturated rings. The minimum Gasteiger partial charge on any atom is -0.330 e. The quantitative estimate of drug-likeness (QED) is 0.774. The lowest BCUT2D eigenvalue weighted by Gasteiger charge is -2.02. The van der Waals surface area contributed by atoms with Crippen LogP contribution in [-0.2, 0) is 13.0 Å². The second kappa shape index (κ2) is 6.28. The van der Waals surface area contributed by atoms with Crippen molar-refractivity contribution in [2.24, 2.45) is 5.73 Å². The van der Waals surface area contributed by atoms with E-state index in [9.17, 15) is 0 Å². The highest BCUT2D eigenvalue weighted by Gasteiger charge is 2.05. The molecule has 106 valence electrons. The number of tetrazole rings is 1. The van der Waals surface area contributed by atoms with Gasteiger partial charge in [-0.05, 0) is 29.3 Å². The first kappa shape index (κ1) is 13.5. The molecule has 0 spiro atoms. The van der Waals surface area contributed by atoms with Crippen LogP contribution in [0.4, 0.5) is 0 Å². The van der Waals surface area contributed by atoms with Gasteiger partial charge in [-0.15, -0.1) is 10.2 Å². The second-order valence-electron chi connectivity index (χ2n) is 4.86.